The number of amides is 1. The van der Waals surface area contributed by atoms with Crippen LogP contribution in [0.15, 0.2) is 41.2 Å². The van der Waals surface area contributed by atoms with Crippen molar-refractivity contribution >= 4 is 16.9 Å². The van der Waals surface area contributed by atoms with E-state index in [1.165, 1.54) is 24.5 Å². The van der Waals surface area contributed by atoms with Crippen LogP contribution in [0.5, 0.6) is 17.4 Å². The van der Waals surface area contributed by atoms with Crippen LogP contribution < -0.4 is 25.1 Å². The Morgan fingerprint density at radius 3 is 2.56 bits per heavy atom. The van der Waals surface area contributed by atoms with E-state index in [1.54, 1.807) is 19.1 Å². The molecule has 2 aromatic carbocycles. The van der Waals surface area contributed by atoms with Crippen LogP contribution in [0.2, 0.25) is 0 Å². The molecule has 0 bridgehead atoms. The highest BCUT2D eigenvalue weighted by Gasteiger charge is 2.23. The Balaban J connectivity index is 1.68. The molecule has 1 aliphatic carbocycles. The maximum atomic E-state index is 12.9. The van der Waals surface area contributed by atoms with Gasteiger partial charge in [0, 0.05) is 6.54 Å². The van der Waals surface area contributed by atoms with Crippen molar-refractivity contribution in [3.63, 3.8) is 0 Å². The largest absolute Gasteiger partial charge is 0.493 e. The molecular weight excluding hydrogens is 410 g/mol. The van der Waals surface area contributed by atoms with Crippen molar-refractivity contribution in [2.45, 2.75) is 45.2 Å². The summed E-state index contributed by atoms with van der Waals surface area (Å²) in [5.41, 5.74) is 2.06. The zero-order valence-corrected chi connectivity index (χ0v) is 18.5. The number of methoxy groups -OCH3 is 2. The fourth-order valence-electron chi connectivity index (χ4n) is 4.20. The highest BCUT2D eigenvalue weighted by Crippen LogP contribution is 2.34. The van der Waals surface area contributed by atoms with Crippen LogP contribution in [-0.2, 0) is 13.0 Å². The van der Waals surface area contributed by atoms with Gasteiger partial charge in [0.2, 0.25) is 5.88 Å². The van der Waals surface area contributed by atoms with Crippen LogP contribution >= 0.6 is 0 Å². The second-order valence-electron chi connectivity index (χ2n) is 7.71. The van der Waals surface area contributed by atoms with Gasteiger partial charge in [0.25, 0.3) is 5.56 Å². The standard InChI is InChI=1S/C24H27N3O5/c1-4-27-23(28)18-14-21(31-3)20(30-2)13-17(18)22(26-27)32-24(29)25-19-12-8-6-10-15-9-5-7-11-16(15)19/h5,7,9,11,13-14,19H,4,6,8,10,12H2,1-3H3,(H,25,29). The summed E-state index contributed by atoms with van der Waals surface area (Å²) in [5.74, 6) is 0.872. The number of carbonyl (C=O) groups is 1. The highest BCUT2D eigenvalue weighted by atomic mass is 16.6. The van der Waals surface area contributed by atoms with Crippen molar-refractivity contribution in [1.82, 2.24) is 15.1 Å². The van der Waals surface area contributed by atoms with E-state index in [4.69, 9.17) is 14.2 Å². The van der Waals surface area contributed by atoms with Gasteiger partial charge in [-0.3, -0.25) is 4.79 Å². The van der Waals surface area contributed by atoms with Gasteiger partial charge >= 0.3 is 6.09 Å². The second-order valence-corrected chi connectivity index (χ2v) is 7.71. The number of nitrogens with one attached hydrogen (secondary N) is 1. The lowest BCUT2D eigenvalue weighted by molar-refractivity contribution is 0.193. The molecule has 3 aromatic rings. The van der Waals surface area contributed by atoms with Gasteiger partial charge in [-0.1, -0.05) is 30.7 Å². The first kappa shape index (κ1) is 21.7. The average Bonchev–Trinajstić information content (AvgIpc) is 3.02. The molecule has 1 unspecified atom stereocenters. The number of nitrogens with zero attached hydrogens (tertiary/aromatic N) is 2. The topological polar surface area (TPSA) is 91.7 Å². The minimum Gasteiger partial charge on any atom is -0.493 e. The van der Waals surface area contributed by atoms with E-state index in [-0.39, 0.29) is 17.5 Å². The summed E-state index contributed by atoms with van der Waals surface area (Å²) >= 11 is 0. The number of carbonyl (C=O) groups excluding carboxylic acids is 1. The molecule has 0 radical (unpaired) electrons. The smallest absolute Gasteiger partial charge is 0.414 e. The molecule has 32 heavy (non-hydrogen) atoms. The van der Waals surface area contributed by atoms with Gasteiger partial charge in [-0.25, -0.2) is 9.48 Å². The minimum atomic E-state index is -0.614. The van der Waals surface area contributed by atoms with Crippen LogP contribution in [-0.4, -0.2) is 30.1 Å². The van der Waals surface area contributed by atoms with E-state index >= 15 is 0 Å². The van der Waals surface area contributed by atoms with Crippen LogP contribution in [0.25, 0.3) is 10.8 Å². The Morgan fingerprint density at radius 2 is 1.84 bits per heavy atom. The second kappa shape index (κ2) is 9.30. The van der Waals surface area contributed by atoms with Gasteiger partial charge in [-0.05, 0) is 49.4 Å². The molecule has 1 atom stereocenters. The van der Waals surface area contributed by atoms with Crippen molar-refractivity contribution in [3.8, 4) is 17.4 Å². The number of hydrogen-bond donors (Lipinski definition) is 1. The predicted molar refractivity (Wildman–Crippen MR) is 121 cm³/mol. The van der Waals surface area contributed by atoms with E-state index < -0.39 is 6.09 Å². The Bertz CT molecular complexity index is 1200. The summed E-state index contributed by atoms with van der Waals surface area (Å²) in [7, 11) is 3.00. The third kappa shape index (κ3) is 4.12. The van der Waals surface area contributed by atoms with Crippen molar-refractivity contribution in [3.05, 3.63) is 57.9 Å². The Labute approximate surface area is 186 Å². The van der Waals surface area contributed by atoms with Crippen molar-refractivity contribution < 1.29 is 19.0 Å². The molecule has 4 rings (SSSR count). The SMILES string of the molecule is CCn1nc(OC(=O)NC2CCCCc3ccccc32)c2cc(OC)c(OC)cc2c1=O. The van der Waals surface area contributed by atoms with Gasteiger partial charge in [0.15, 0.2) is 11.5 Å². The lowest BCUT2D eigenvalue weighted by Crippen LogP contribution is -2.32. The third-order valence-electron chi connectivity index (χ3n) is 5.83. The molecule has 8 heteroatoms. The molecule has 0 spiro atoms. The Morgan fingerprint density at radius 1 is 1.12 bits per heavy atom. The molecule has 1 aliphatic rings. The van der Waals surface area contributed by atoms with Crippen LogP contribution in [0.3, 0.4) is 0 Å². The Kier molecular flexibility index (Phi) is 6.30. The normalized spacial score (nSPS) is 15.5. The number of aromatic nitrogens is 2. The van der Waals surface area contributed by atoms with Crippen molar-refractivity contribution in [2.75, 3.05) is 14.2 Å². The molecule has 0 fully saturated rings. The molecule has 1 amide bonds. The number of ether oxygens (including phenoxy) is 3. The van der Waals surface area contributed by atoms with Crippen LogP contribution in [0, 0.1) is 0 Å². The van der Waals surface area contributed by atoms with Gasteiger partial charge in [0.05, 0.1) is 31.0 Å². The first-order valence-electron chi connectivity index (χ1n) is 10.8. The number of rotatable bonds is 5. The van der Waals surface area contributed by atoms with E-state index in [1.807, 2.05) is 18.2 Å². The average molecular weight is 437 g/mol. The fraction of sp³-hybridized carbons (Fsp3) is 0.375. The lowest BCUT2D eigenvalue weighted by atomic mass is 9.99. The van der Waals surface area contributed by atoms with Gasteiger partial charge in [-0.2, -0.15) is 0 Å². The molecule has 1 aromatic heterocycles. The predicted octanol–water partition coefficient (Wildman–Crippen LogP) is 3.99. The quantitative estimate of drug-likeness (QED) is 0.607. The van der Waals surface area contributed by atoms with Gasteiger partial charge in [-0.15, -0.1) is 5.10 Å². The number of hydrogen-bond acceptors (Lipinski definition) is 6. The molecule has 8 nitrogen and oxygen atoms in total. The first-order chi connectivity index (χ1) is 15.5. The van der Waals surface area contributed by atoms with E-state index in [9.17, 15) is 9.59 Å². The molecular formula is C24H27N3O5. The van der Waals surface area contributed by atoms with E-state index in [0.717, 1.165) is 31.2 Å². The zero-order valence-electron chi connectivity index (χ0n) is 18.5. The fourth-order valence-corrected chi connectivity index (χ4v) is 4.20. The molecule has 1 heterocycles. The number of aryl methyl sites for hydroxylation is 2. The van der Waals surface area contributed by atoms with Gasteiger partial charge in [0.1, 0.15) is 0 Å². The lowest BCUT2D eigenvalue weighted by Gasteiger charge is -2.19. The summed E-state index contributed by atoms with van der Waals surface area (Å²) < 4.78 is 17.6. The minimum absolute atomic E-state index is 0.0433. The molecule has 0 aliphatic heterocycles. The number of benzene rings is 2. The zero-order chi connectivity index (χ0) is 22.7. The summed E-state index contributed by atoms with van der Waals surface area (Å²) in [5, 5.41) is 7.98. The first-order valence-corrected chi connectivity index (χ1v) is 10.8. The number of fused-ring (bicyclic) bond motifs is 2. The van der Waals surface area contributed by atoms with Gasteiger partial charge < -0.3 is 19.5 Å². The van der Waals surface area contributed by atoms with Crippen molar-refractivity contribution in [1.29, 1.82) is 0 Å². The summed E-state index contributed by atoms with van der Waals surface area (Å²) in [6.07, 6.45) is 3.31. The maximum absolute atomic E-state index is 12.9. The molecule has 1 N–H and O–H groups in total. The molecule has 168 valence electrons. The van der Waals surface area contributed by atoms with Crippen LogP contribution in [0.4, 0.5) is 4.79 Å². The molecule has 0 saturated heterocycles. The summed E-state index contributed by atoms with van der Waals surface area (Å²) in [6, 6.07) is 11.2. The Hall–Kier alpha value is -3.55. The third-order valence-corrected chi connectivity index (χ3v) is 5.83. The highest BCUT2D eigenvalue weighted by molar-refractivity contribution is 5.90. The summed E-state index contributed by atoms with van der Waals surface area (Å²) in [4.78, 5) is 25.7. The monoisotopic (exact) mass is 437 g/mol. The van der Waals surface area contributed by atoms with E-state index in [2.05, 4.69) is 16.5 Å². The van der Waals surface area contributed by atoms with E-state index in [0.29, 0.717) is 28.8 Å². The van der Waals surface area contributed by atoms with Crippen LogP contribution in [0.1, 0.15) is 43.4 Å². The maximum Gasteiger partial charge on any atom is 0.414 e. The molecule has 0 saturated carbocycles. The van der Waals surface area contributed by atoms with Crippen molar-refractivity contribution in [2.24, 2.45) is 0 Å². The summed E-state index contributed by atoms with van der Waals surface area (Å²) in [6.45, 7) is 2.13.